The second kappa shape index (κ2) is 12.6. The van der Waals surface area contributed by atoms with Crippen LogP contribution in [0.5, 0.6) is 5.75 Å². The quantitative estimate of drug-likeness (QED) is 0.287. The van der Waals surface area contributed by atoms with Gasteiger partial charge in [-0.3, -0.25) is 0 Å². The van der Waals surface area contributed by atoms with Gasteiger partial charge in [-0.1, -0.05) is 24.3 Å². The van der Waals surface area contributed by atoms with Gasteiger partial charge >= 0.3 is 0 Å². The van der Waals surface area contributed by atoms with Crippen LogP contribution in [0.25, 0.3) is 5.69 Å². The Morgan fingerprint density at radius 3 is 2.51 bits per heavy atom. The fourth-order valence-electron chi connectivity index (χ4n) is 5.81. The maximum absolute atomic E-state index is 13.7. The Kier molecular flexibility index (Phi) is 9.28. The number of hydrogen-bond donors (Lipinski definition) is 3. The lowest BCUT2D eigenvalue weighted by Crippen LogP contribution is -2.47. The first kappa shape index (κ1) is 31.6. The number of nitrogens with one attached hydrogen (secondary N) is 2. The molecule has 0 amide bonds. The first-order chi connectivity index (χ1) is 20.4. The van der Waals surface area contributed by atoms with E-state index in [1.807, 2.05) is 30.3 Å². The van der Waals surface area contributed by atoms with Gasteiger partial charge in [0.1, 0.15) is 23.4 Å². The van der Waals surface area contributed by atoms with Crippen LogP contribution in [0.2, 0.25) is 0 Å². The van der Waals surface area contributed by atoms with Crippen molar-refractivity contribution in [2.24, 2.45) is 0 Å². The number of aliphatic hydroxyl groups is 1. The number of para-hydroxylation sites is 1. The van der Waals surface area contributed by atoms with Crippen molar-refractivity contribution in [3.8, 4) is 11.4 Å². The highest BCUT2D eigenvalue weighted by Crippen LogP contribution is 2.38. The van der Waals surface area contributed by atoms with Gasteiger partial charge in [0.25, 0.3) is 0 Å². The van der Waals surface area contributed by atoms with Gasteiger partial charge in [-0.05, 0) is 64.4 Å². The van der Waals surface area contributed by atoms with Crippen LogP contribution in [0.3, 0.4) is 0 Å². The lowest BCUT2D eigenvalue weighted by atomic mass is 9.88. The fourth-order valence-corrected chi connectivity index (χ4v) is 8.37. The van der Waals surface area contributed by atoms with Crippen molar-refractivity contribution < 1.29 is 31.4 Å². The number of aliphatic hydroxyl groups excluding tert-OH is 1. The van der Waals surface area contributed by atoms with Crippen LogP contribution < -0.4 is 14.8 Å². The molecular weight excluding hydrogens is 594 g/mol. The van der Waals surface area contributed by atoms with Crippen LogP contribution in [0.1, 0.15) is 30.7 Å². The summed E-state index contributed by atoms with van der Waals surface area (Å²) in [5.74, 6) is 0.345. The van der Waals surface area contributed by atoms with Crippen molar-refractivity contribution in [1.29, 1.82) is 0 Å². The molecule has 14 heteroatoms. The van der Waals surface area contributed by atoms with Crippen molar-refractivity contribution in [3.63, 3.8) is 0 Å². The van der Waals surface area contributed by atoms with E-state index in [1.165, 1.54) is 23.5 Å². The third-order valence-electron chi connectivity index (χ3n) is 8.14. The molecule has 2 aliphatic heterocycles. The number of ether oxygens (including phenoxy) is 2. The molecule has 0 saturated carbocycles. The van der Waals surface area contributed by atoms with E-state index in [9.17, 15) is 21.9 Å². The normalized spacial score (nSPS) is 20.0. The molecule has 0 bridgehead atoms. The van der Waals surface area contributed by atoms with E-state index in [2.05, 4.69) is 15.1 Å². The number of benzene rings is 2. The Labute approximate surface area is 253 Å². The average Bonchev–Trinajstić information content (AvgIpc) is 3.54. The van der Waals surface area contributed by atoms with Gasteiger partial charge in [0.2, 0.25) is 20.0 Å². The lowest BCUT2D eigenvalue weighted by Gasteiger charge is -2.38. The first-order valence-corrected chi connectivity index (χ1v) is 17.2. The van der Waals surface area contributed by atoms with Gasteiger partial charge in [-0.2, -0.15) is 9.40 Å². The largest absolute Gasteiger partial charge is 0.491 e. The zero-order valence-electron chi connectivity index (χ0n) is 24.6. The molecule has 12 nitrogen and oxygen atoms in total. The monoisotopic (exact) mass is 633 g/mol. The number of sulfonamides is 2. The molecule has 2 atom stereocenters. The maximum Gasteiger partial charge on any atom is 0.246 e. The van der Waals surface area contributed by atoms with E-state index in [1.54, 1.807) is 30.7 Å². The zero-order chi connectivity index (χ0) is 30.8. The van der Waals surface area contributed by atoms with E-state index in [4.69, 9.17) is 9.47 Å². The summed E-state index contributed by atoms with van der Waals surface area (Å²) < 4.78 is 68.7. The van der Waals surface area contributed by atoms with Crippen LogP contribution in [-0.4, -0.2) is 93.7 Å². The van der Waals surface area contributed by atoms with E-state index < -0.39 is 31.8 Å². The number of aromatic nitrogens is 2. The van der Waals surface area contributed by atoms with Crippen molar-refractivity contribution in [1.82, 2.24) is 24.1 Å². The minimum Gasteiger partial charge on any atom is -0.491 e. The molecule has 2 aromatic carbocycles. The summed E-state index contributed by atoms with van der Waals surface area (Å²) in [7, 11) is -5.99. The summed E-state index contributed by atoms with van der Waals surface area (Å²) in [5.41, 5.74) is 1.46. The van der Waals surface area contributed by atoms with Crippen molar-refractivity contribution in [3.05, 3.63) is 66.0 Å². The smallest absolute Gasteiger partial charge is 0.246 e. The molecule has 1 aromatic heterocycles. The van der Waals surface area contributed by atoms with Crippen molar-refractivity contribution in [2.45, 2.75) is 60.6 Å². The van der Waals surface area contributed by atoms with E-state index in [-0.39, 0.29) is 29.0 Å². The highest BCUT2D eigenvalue weighted by Gasteiger charge is 2.45. The third-order valence-corrected chi connectivity index (χ3v) is 11.7. The summed E-state index contributed by atoms with van der Waals surface area (Å²) in [4.78, 5) is 0.339. The van der Waals surface area contributed by atoms with Gasteiger partial charge in [0, 0.05) is 31.7 Å². The van der Waals surface area contributed by atoms with Gasteiger partial charge in [-0.15, -0.1) is 0 Å². The van der Waals surface area contributed by atoms with Gasteiger partial charge in [0.05, 0.1) is 34.2 Å². The molecule has 0 radical (unpaired) electrons. The second-order valence-electron chi connectivity index (χ2n) is 11.1. The van der Waals surface area contributed by atoms with E-state index >= 15 is 0 Å². The predicted molar refractivity (Wildman–Crippen MR) is 160 cm³/mol. The Bertz CT molecular complexity index is 1640. The predicted octanol–water partition coefficient (Wildman–Crippen LogP) is 1.74. The van der Waals surface area contributed by atoms with E-state index in [0.29, 0.717) is 56.1 Å². The van der Waals surface area contributed by atoms with Crippen LogP contribution in [-0.2, 0) is 24.8 Å². The Hall–Kier alpha value is -2.85. The molecule has 43 heavy (non-hydrogen) atoms. The van der Waals surface area contributed by atoms with Gasteiger partial charge in [0.15, 0.2) is 0 Å². The van der Waals surface area contributed by atoms with E-state index in [0.717, 1.165) is 5.69 Å². The van der Waals surface area contributed by atoms with Crippen LogP contribution in [0.4, 0.5) is 0 Å². The second-order valence-corrected chi connectivity index (χ2v) is 14.9. The topological polar surface area (TPSA) is 152 Å². The fraction of sp³-hybridized carbons (Fsp3) is 0.483. The standard InChI is InChI=1S/C29H39N5O7S2/c1-21-28(22(2)34(32-21)24-8-5-4-6-9-24)43(38,39)33-14-12-29(13-15-33)17-23(19-41-29)31-18-25(35)20-40-26-10-7-11-27(16-26)42(36,37)30-3/h4-11,16,23,25,30-31,35H,12-15,17-20H2,1-3H3. The summed E-state index contributed by atoms with van der Waals surface area (Å²) in [6.45, 7) is 4.93. The van der Waals surface area contributed by atoms with Crippen LogP contribution in [0.15, 0.2) is 64.4 Å². The highest BCUT2D eigenvalue weighted by molar-refractivity contribution is 7.89. The summed E-state index contributed by atoms with van der Waals surface area (Å²) >= 11 is 0. The molecule has 3 heterocycles. The molecule has 2 saturated heterocycles. The van der Waals surface area contributed by atoms with Gasteiger partial charge in [-0.25, -0.2) is 26.2 Å². The molecule has 3 N–H and O–H groups in total. The zero-order valence-corrected chi connectivity index (χ0v) is 26.2. The Morgan fingerprint density at radius 1 is 1.09 bits per heavy atom. The molecule has 2 fully saturated rings. The third kappa shape index (κ3) is 6.80. The molecule has 5 rings (SSSR count). The molecule has 2 aliphatic rings. The summed E-state index contributed by atoms with van der Waals surface area (Å²) in [6.07, 6.45) is 1.04. The number of piperidine rings is 1. The molecule has 0 aliphatic carbocycles. The van der Waals surface area contributed by atoms with Gasteiger partial charge < -0.3 is 19.9 Å². The number of nitrogens with zero attached hydrogens (tertiary/aromatic N) is 3. The minimum absolute atomic E-state index is 0.00972. The average molecular weight is 634 g/mol. The number of hydrogen-bond acceptors (Lipinski definition) is 9. The lowest BCUT2D eigenvalue weighted by molar-refractivity contribution is -0.0312. The van der Waals surface area contributed by atoms with Crippen molar-refractivity contribution >= 4 is 20.0 Å². The Balaban J connectivity index is 1.12. The van der Waals surface area contributed by atoms with Crippen LogP contribution in [0, 0.1) is 13.8 Å². The molecule has 2 unspecified atom stereocenters. The Morgan fingerprint density at radius 2 is 1.81 bits per heavy atom. The maximum atomic E-state index is 13.7. The van der Waals surface area contributed by atoms with Crippen LogP contribution >= 0.6 is 0 Å². The molecule has 1 spiro atoms. The molecule has 3 aromatic rings. The highest BCUT2D eigenvalue weighted by atomic mass is 32.2. The SMILES string of the molecule is CNS(=O)(=O)c1cccc(OCC(O)CNC2COC3(CCN(S(=O)(=O)c4c(C)nn(-c5ccccc5)c4C)CC3)C2)c1. The number of rotatable bonds is 11. The minimum atomic E-state index is -3.74. The van der Waals surface area contributed by atoms with Crippen molar-refractivity contribution in [2.75, 3.05) is 39.9 Å². The first-order valence-electron chi connectivity index (χ1n) is 14.3. The summed E-state index contributed by atoms with van der Waals surface area (Å²) in [6, 6.07) is 15.6. The number of aryl methyl sites for hydroxylation is 1. The molecule has 234 valence electrons. The summed E-state index contributed by atoms with van der Waals surface area (Å²) in [5, 5.41) is 18.3. The molecular formula is C29H39N5O7S2.